The summed E-state index contributed by atoms with van der Waals surface area (Å²) >= 11 is 1.66. The van der Waals surface area contributed by atoms with Gasteiger partial charge in [0, 0.05) is 26.7 Å². The number of alkyl halides is 3. The third-order valence-electron chi connectivity index (χ3n) is 2.94. The molecule has 0 aromatic carbocycles. The van der Waals surface area contributed by atoms with Crippen molar-refractivity contribution in [3.8, 4) is 0 Å². The lowest BCUT2D eigenvalue weighted by Gasteiger charge is -2.15. The Morgan fingerprint density at radius 3 is 2.77 bits per heavy atom. The number of guanidine groups is 1. The molecule has 4 nitrogen and oxygen atoms in total. The summed E-state index contributed by atoms with van der Waals surface area (Å²) in [7, 11) is 1.66. The first-order valence-corrected chi connectivity index (χ1v) is 7.97. The number of nitrogens with one attached hydrogen (secondary N) is 2. The van der Waals surface area contributed by atoms with Crippen LogP contribution in [0.15, 0.2) is 21.8 Å². The van der Waals surface area contributed by atoms with Gasteiger partial charge in [0.05, 0.1) is 0 Å². The Balaban J connectivity index is 2.13. The molecule has 1 aromatic rings. The van der Waals surface area contributed by atoms with E-state index in [9.17, 15) is 13.2 Å². The zero-order chi connectivity index (χ0) is 16.4. The van der Waals surface area contributed by atoms with Gasteiger partial charge in [0.25, 0.3) is 0 Å². The average molecular weight is 337 g/mol. The first-order valence-electron chi connectivity index (χ1n) is 7.03. The molecule has 1 atom stereocenters. The van der Waals surface area contributed by atoms with Crippen molar-refractivity contribution in [2.75, 3.05) is 33.4 Å². The number of aliphatic imine (C=N–C) groups is 1. The zero-order valence-corrected chi connectivity index (χ0v) is 13.6. The molecule has 0 fully saturated rings. The van der Waals surface area contributed by atoms with Crippen LogP contribution in [0.2, 0.25) is 0 Å². The van der Waals surface area contributed by atoms with E-state index in [4.69, 9.17) is 0 Å². The molecule has 1 unspecified atom stereocenters. The third kappa shape index (κ3) is 8.23. The second-order valence-electron chi connectivity index (χ2n) is 4.86. The zero-order valence-electron chi connectivity index (χ0n) is 12.7. The highest BCUT2D eigenvalue weighted by molar-refractivity contribution is 7.07. The lowest BCUT2D eigenvalue weighted by molar-refractivity contribution is -0.173. The minimum atomic E-state index is -4.26. The molecule has 1 heterocycles. The largest absolute Gasteiger partial charge is 0.411 e. The van der Waals surface area contributed by atoms with Crippen LogP contribution in [0.3, 0.4) is 0 Å². The highest BCUT2D eigenvalue weighted by Gasteiger charge is 2.27. The molecule has 8 heteroatoms. The van der Waals surface area contributed by atoms with Crippen molar-refractivity contribution in [3.05, 3.63) is 22.4 Å². The molecule has 22 heavy (non-hydrogen) atoms. The minimum Gasteiger partial charge on any atom is -0.372 e. The van der Waals surface area contributed by atoms with Gasteiger partial charge in [-0.1, -0.05) is 6.92 Å². The van der Waals surface area contributed by atoms with Crippen molar-refractivity contribution in [2.24, 2.45) is 4.99 Å². The maximum absolute atomic E-state index is 11.9. The Hall–Kier alpha value is -1.28. The average Bonchev–Trinajstić information content (AvgIpc) is 2.98. The van der Waals surface area contributed by atoms with Gasteiger partial charge < -0.3 is 15.4 Å². The number of ether oxygens (including phenoxy) is 1. The van der Waals surface area contributed by atoms with E-state index in [-0.39, 0.29) is 6.61 Å². The summed E-state index contributed by atoms with van der Waals surface area (Å²) in [6.45, 7) is 2.23. The lowest BCUT2D eigenvalue weighted by Crippen LogP contribution is -2.39. The highest BCUT2D eigenvalue weighted by atomic mass is 32.1. The number of nitrogens with zero attached hydrogens (tertiary/aromatic N) is 1. The smallest absolute Gasteiger partial charge is 0.372 e. The van der Waals surface area contributed by atoms with E-state index in [1.54, 1.807) is 18.4 Å². The molecule has 0 spiro atoms. The second kappa shape index (κ2) is 9.68. The van der Waals surface area contributed by atoms with Gasteiger partial charge in [-0.2, -0.15) is 24.5 Å². The Morgan fingerprint density at radius 2 is 2.18 bits per heavy atom. The predicted octanol–water partition coefficient (Wildman–Crippen LogP) is 2.99. The molecule has 1 aromatic heterocycles. The van der Waals surface area contributed by atoms with Crippen LogP contribution in [0.5, 0.6) is 0 Å². The van der Waals surface area contributed by atoms with Crippen LogP contribution >= 0.6 is 11.3 Å². The van der Waals surface area contributed by atoms with Crippen LogP contribution in [-0.2, 0) is 4.74 Å². The molecule has 2 N–H and O–H groups in total. The maximum Gasteiger partial charge on any atom is 0.411 e. The highest BCUT2D eigenvalue weighted by Crippen LogP contribution is 2.17. The molecule has 0 amide bonds. The number of rotatable bonds is 8. The summed E-state index contributed by atoms with van der Waals surface area (Å²) in [4.78, 5) is 4.07. The molecular weight excluding hydrogens is 315 g/mol. The number of halogens is 3. The summed E-state index contributed by atoms with van der Waals surface area (Å²) in [5.74, 6) is 0.998. The molecule has 0 aliphatic heterocycles. The molecule has 0 saturated heterocycles. The van der Waals surface area contributed by atoms with Crippen LogP contribution in [0.4, 0.5) is 13.2 Å². The van der Waals surface area contributed by atoms with Crippen molar-refractivity contribution < 1.29 is 17.9 Å². The van der Waals surface area contributed by atoms with Crippen molar-refractivity contribution in [1.29, 1.82) is 0 Å². The number of hydrogen-bond acceptors (Lipinski definition) is 3. The quantitative estimate of drug-likeness (QED) is 0.435. The fourth-order valence-electron chi connectivity index (χ4n) is 1.71. The van der Waals surface area contributed by atoms with Gasteiger partial charge in [-0.05, 0) is 34.7 Å². The van der Waals surface area contributed by atoms with Gasteiger partial charge in [0.1, 0.15) is 6.61 Å². The Kier molecular flexibility index (Phi) is 8.26. The van der Waals surface area contributed by atoms with E-state index < -0.39 is 12.8 Å². The summed E-state index contributed by atoms with van der Waals surface area (Å²) < 4.78 is 40.2. The molecule has 126 valence electrons. The molecular formula is C14H22F3N3OS. The Morgan fingerprint density at radius 1 is 1.41 bits per heavy atom. The fraction of sp³-hybridized carbons (Fsp3) is 0.643. The molecule has 0 radical (unpaired) electrons. The number of thiophene rings is 1. The van der Waals surface area contributed by atoms with E-state index in [1.165, 1.54) is 5.56 Å². The van der Waals surface area contributed by atoms with Gasteiger partial charge in [0.15, 0.2) is 5.96 Å². The molecule has 0 saturated carbocycles. The Bertz CT molecular complexity index is 435. The van der Waals surface area contributed by atoms with Crippen LogP contribution < -0.4 is 10.6 Å². The van der Waals surface area contributed by atoms with Crippen LogP contribution in [0, 0.1) is 0 Å². The van der Waals surface area contributed by atoms with E-state index in [2.05, 4.69) is 38.7 Å². The molecule has 0 aliphatic carbocycles. The summed E-state index contributed by atoms with van der Waals surface area (Å²) in [5, 5.41) is 10.4. The van der Waals surface area contributed by atoms with Crippen molar-refractivity contribution >= 4 is 17.3 Å². The predicted molar refractivity (Wildman–Crippen MR) is 83.6 cm³/mol. The second-order valence-corrected chi connectivity index (χ2v) is 5.64. The van der Waals surface area contributed by atoms with Gasteiger partial charge in [-0.25, -0.2) is 0 Å². The topological polar surface area (TPSA) is 45.7 Å². The minimum absolute atomic E-state index is 0.0643. The third-order valence-corrected chi connectivity index (χ3v) is 3.64. The van der Waals surface area contributed by atoms with Gasteiger partial charge in [0.2, 0.25) is 0 Å². The summed E-state index contributed by atoms with van der Waals surface area (Å²) in [6, 6.07) is 2.09. The van der Waals surface area contributed by atoms with Crippen LogP contribution in [-0.4, -0.2) is 45.5 Å². The summed E-state index contributed by atoms with van der Waals surface area (Å²) in [6.07, 6.45) is -3.78. The van der Waals surface area contributed by atoms with E-state index in [1.807, 2.05) is 5.38 Å². The standard InChI is InChI=1S/C14H22F3N3OS/c1-11(12-4-7-22-9-12)8-20-13(18-2)19-5-3-6-21-10-14(15,16)17/h4,7,9,11H,3,5-6,8,10H2,1-2H3,(H2,18,19,20). The van der Waals surface area contributed by atoms with Crippen LogP contribution in [0.25, 0.3) is 0 Å². The van der Waals surface area contributed by atoms with Gasteiger partial charge in [-0.15, -0.1) is 0 Å². The monoisotopic (exact) mass is 337 g/mol. The first-order chi connectivity index (χ1) is 10.4. The molecule has 0 aliphatic rings. The van der Waals surface area contributed by atoms with Gasteiger partial charge in [-0.3, -0.25) is 4.99 Å². The SMILES string of the molecule is CN=C(NCCCOCC(F)(F)F)NCC(C)c1ccsc1. The van der Waals surface area contributed by atoms with E-state index >= 15 is 0 Å². The summed E-state index contributed by atoms with van der Waals surface area (Å²) in [5.41, 5.74) is 1.27. The number of hydrogen-bond donors (Lipinski definition) is 2. The van der Waals surface area contributed by atoms with Crippen molar-refractivity contribution in [2.45, 2.75) is 25.4 Å². The lowest BCUT2D eigenvalue weighted by atomic mass is 10.1. The van der Waals surface area contributed by atoms with Crippen LogP contribution in [0.1, 0.15) is 24.8 Å². The van der Waals surface area contributed by atoms with E-state index in [0.717, 1.165) is 6.54 Å². The molecule has 0 bridgehead atoms. The van der Waals surface area contributed by atoms with Crippen molar-refractivity contribution in [1.82, 2.24) is 10.6 Å². The first kappa shape index (κ1) is 18.8. The van der Waals surface area contributed by atoms with E-state index in [0.29, 0.717) is 24.8 Å². The van der Waals surface area contributed by atoms with Gasteiger partial charge >= 0.3 is 6.18 Å². The van der Waals surface area contributed by atoms with Crippen molar-refractivity contribution in [3.63, 3.8) is 0 Å². The fourth-order valence-corrected chi connectivity index (χ4v) is 2.49. The molecule has 1 rings (SSSR count). The Labute approximate surface area is 132 Å². The maximum atomic E-state index is 11.9. The normalized spacial score (nSPS) is 14.0.